The first-order valence-electron chi connectivity index (χ1n) is 8.18. The van der Waals surface area contributed by atoms with E-state index in [1.165, 1.54) is 23.4 Å². The van der Waals surface area contributed by atoms with Crippen molar-refractivity contribution < 1.29 is 9.13 Å². The number of aryl methyl sites for hydroxylation is 1. The van der Waals surface area contributed by atoms with Crippen molar-refractivity contribution in [3.63, 3.8) is 0 Å². The molecule has 1 heterocycles. The highest BCUT2D eigenvalue weighted by Crippen LogP contribution is 2.24. The molecule has 6 heteroatoms. The smallest absolute Gasteiger partial charge is 0.191 e. The van der Waals surface area contributed by atoms with Gasteiger partial charge in [-0.1, -0.05) is 43.0 Å². The average Bonchev–Trinajstić information content (AvgIpc) is 3.00. The quantitative estimate of drug-likeness (QED) is 0.465. The van der Waals surface area contributed by atoms with E-state index in [0.717, 1.165) is 23.1 Å². The van der Waals surface area contributed by atoms with Crippen LogP contribution in [0.15, 0.2) is 53.7 Å². The summed E-state index contributed by atoms with van der Waals surface area (Å²) in [5.41, 5.74) is 1.71. The lowest BCUT2D eigenvalue weighted by molar-refractivity contribution is 0.343. The zero-order valence-corrected chi connectivity index (χ0v) is 15.1. The van der Waals surface area contributed by atoms with Gasteiger partial charge in [0.1, 0.15) is 11.6 Å². The predicted molar refractivity (Wildman–Crippen MR) is 98.4 cm³/mol. The molecule has 0 saturated carbocycles. The van der Waals surface area contributed by atoms with Crippen LogP contribution < -0.4 is 4.74 Å². The van der Waals surface area contributed by atoms with Gasteiger partial charge < -0.3 is 9.30 Å². The second kappa shape index (κ2) is 8.16. The molecule has 0 saturated heterocycles. The molecule has 2 aromatic carbocycles. The van der Waals surface area contributed by atoms with E-state index in [1.807, 2.05) is 19.2 Å². The highest BCUT2D eigenvalue weighted by molar-refractivity contribution is 7.99. The first kappa shape index (κ1) is 17.5. The minimum absolute atomic E-state index is 0.298. The molecule has 0 N–H and O–H groups in total. The molecule has 0 aliphatic rings. The molecule has 25 heavy (non-hydrogen) atoms. The molecular weight excluding hydrogens is 337 g/mol. The lowest BCUT2D eigenvalue weighted by Gasteiger charge is -2.07. The Kier molecular flexibility index (Phi) is 5.71. The summed E-state index contributed by atoms with van der Waals surface area (Å²) in [6, 6.07) is 14.7. The van der Waals surface area contributed by atoms with Gasteiger partial charge >= 0.3 is 0 Å². The van der Waals surface area contributed by atoms with Crippen LogP contribution in [-0.4, -0.2) is 27.1 Å². The minimum atomic E-state index is -0.298. The fraction of sp³-hybridized carbons (Fsp3) is 0.263. The van der Waals surface area contributed by atoms with E-state index >= 15 is 0 Å². The van der Waals surface area contributed by atoms with Crippen molar-refractivity contribution in [2.75, 3.05) is 12.4 Å². The standard InChI is InChI=1S/C19H20FN3OS/c1-3-14-7-6-8-15(13-14)24-11-12-25-19-22-21-18(23(19)2)16-9-4-5-10-17(16)20/h4-10,13H,3,11-12H2,1-2H3. The molecule has 3 rings (SSSR count). The van der Waals surface area contributed by atoms with E-state index in [2.05, 4.69) is 29.3 Å². The first-order valence-corrected chi connectivity index (χ1v) is 9.16. The zero-order chi connectivity index (χ0) is 17.6. The summed E-state index contributed by atoms with van der Waals surface area (Å²) in [5.74, 6) is 1.84. The third-order valence-corrected chi connectivity index (χ3v) is 4.82. The summed E-state index contributed by atoms with van der Waals surface area (Å²) in [6.07, 6.45) is 0.990. The molecule has 0 fully saturated rings. The second-order valence-corrected chi connectivity index (χ2v) is 6.60. The van der Waals surface area contributed by atoms with Crippen molar-refractivity contribution in [2.45, 2.75) is 18.5 Å². The van der Waals surface area contributed by atoms with Crippen LogP contribution in [0.3, 0.4) is 0 Å². The Hall–Kier alpha value is -2.34. The number of hydrogen-bond donors (Lipinski definition) is 0. The molecule has 0 bridgehead atoms. The van der Waals surface area contributed by atoms with Crippen molar-refractivity contribution in [3.05, 3.63) is 59.9 Å². The van der Waals surface area contributed by atoms with Crippen molar-refractivity contribution in [2.24, 2.45) is 7.05 Å². The van der Waals surface area contributed by atoms with Gasteiger partial charge in [0.25, 0.3) is 0 Å². The third-order valence-electron chi connectivity index (χ3n) is 3.84. The molecule has 0 unspecified atom stereocenters. The maximum Gasteiger partial charge on any atom is 0.191 e. The molecule has 0 aliphatic heterocycles. The van der Waals surface area contributed by atoms with Crippen LogP contribution in [0.5, 0.6) is 5.75 Å². The molecule has 1 aromatic heterocycles. The Labute approximate surface area is 151 Å². The van der Waals surface area contributed by atoms with E-state index < -0.39 is 0 Å². The Morgan fingerprint density at radius 3 is 2.76 bits per heavy atom. The molecule has 0 aliphatic carbocycles. The van der Waals surface area contributed by atoms with E-state index in [9.17, 15) is 4.39 Å². The fourth-order valence-electron chi connectivity index (χ4n) is 2.47. The van der Waals surface area contributed by atoms with Crippen molar-refractivity contribution in [1.82, 2.24) is 14.8 Å². The van der Waals surface area contributed by atoms with Crippen molar-refractivity contribution in [3.8, 4) is 17.1 Å². The minimum Gasteiger partial charge on any atom is -0.493 e. The van der Waals surface area contributed by atoms with Crippen molar-refractivity contribution in [1.29, 1.82) is 0 Å². The van der Waals surface area contributed by atoms with Gasteiger partial charge in [0, 0.05) is 12.8 Å². The molecule has 0 amide bonds. The van der Waals surface area contributed by atoms with Gasteiger partial charge in [-0.3, -0.25) is 0 Å². The van der Waals surface area contributed by atoms with E-state index in [1.54, 1.807) is 22.8 Å². The van der Waals surface area contributed by atoms with Crippen LogP contribution in [-0.2, 0) is 13.5 Å². The first-order chi connectivity index (χ1) is 12.2. The number of aromatic nitrogens is 3. The summed E-state index contributed by atoms with van der Waals surface area (Å²) in [7, 11) is 1.84. The number of hydrogen-bond acceptors (Lipinski definition) is 4. The Morgan fingerprint density at radius 1 is 1.12 bits per heavy atom. The average molecular weight is 357 g/mol. The molecule has 4 nitrogen and oxygen atoms in total. The molecule has 130 valence electrons. The van der Waals surface area contributed by atoms with Crippen LogP contribution in [0.2, 0.25) is 0 Å². The molecular formula is C19H20FN3OS. The van der Waals surface area contributed by atoms with Crippen LogP contribution in [0.4, 0.5) is 4.39 Å². The second-order valence-electron chi connectivity index (χ2n) is 5.54. The van der Waals surface area contributed by atoms with Crippen LogP contribution in [0, 0.1) is 5.82 Å². The number of nitrogens with zero attached hydrogens (tertiary/aromatic N) is 3. The Balaban J connectivity index is 1.58. The number of thioether (sulfide) groups is 1. The largest absolute Gasteiger partial charge is 0.493 e. The lowest BCUT2D eigenvalue weighted by Crippen LogP contribution is -2.02. The van der Waals surface area contributed by atoms with Crippen LogP contribution in [0.25, 0.3) is 11.4 Å². The van der Waals surface area contributed by atoms with Crippen LogP contribution in [0.1, 0.15) is 12.5 Å². The summed E-state index contributed by atoms with van der Waals surface area (Å²) in [4.78, 5) is 0. The maximum absolute atomic E-state index is 13.9. The molecule has 3 aromatic rings. The lowest BCUT2D eigenvalue weighted by atomic mass is 10.2. The van der Waals surface area contributed by atoms with Gasteiger partial charge in [-0.25, -0.2) is 4.39 Å². The summed E-state index contributed by atoms with van der Waals surface area (Å²) < 4.78 is 21.5. The molecule has 0 atom stereocenters. The third kappa shape index (κ3) is 4.20. The normalized spacial score (nSPS) is 10.8. The SMILES string of the molecule is CCc1cccc(OCCSc2nnc(-c3ccccc3F)n2C)c1. The van der Waals surface area contributed by atoms with E-state index in [0.29, 0.717) is 18.0 Å². The maximum atomic E-state index is 13.9. The van der Waals surface area contributed by atoms with Gasteiger partial charge in [-0.15, -0.1) is 10.2 Å². The summed E-state index contributed by atoms with van der Waals surface area (Å²) in [5, 5.41) is 9.02. The summed E-state index contributed by atoms with van der Waals surface area (Å²) in [6.45, 7) is 2.69. The highest BCUT2D eigenvalue weighted by Gasteiger charge is 2.14. The van der Waals surface area contributed by atoms with Gasteiger partial charge in [-0.2, -0.15) is 0 Å². The van der Waals surface area contributed by atoms with Gasteiger partial charge in [0.05, 0.1) is 12.2 Å². The van der Waals surface area contributed by atoms with Crippen molar-refractivity contribution >= 4 is 11.8 Å². The fourth-order valence-corrected chi connectivity index (χ4v) is 3.19. The number of halogens is 1. The number of rotatable bonds is 7. The molecule has 0 radical (unpaired) electrons. The topological polar surface area (TPSA) is 39.9 Å². The number of ether oxygens (including phenoxy) is 1. The van der Waals surface area contributed by atoms with Crippen LogP contribution >= 0.6 is 11.8 Å². The highest BCUT2D eigenvalue weighted by atomic mass is 32.2. The van der Waals surface area contributed by atoms with Gasteiger partial charge in [-0.05, 0) is 36.2 Å². The van der Waals surface area contributed by atoms with Gasteiger partial charge in [0.15, 0.2) is 11.0 Å². The molecule has 0 spiro atoms. The van der Waals surface area contributed by atoms with E-state index in [-0.39, 0.29) is 5.82 Å². The monoisotopic (exact) mass is 357 g/mol. The number of benzene rings is 2. The zero-order valence-electron chi connectivity index (χ0n) is 14.3. The Morgan fingerprint density at radius 2 is 1.96 bits per heavy atom. The predicted octanol–water partition coefficient (Wildman–Crippen LogP) is 4.35. The Bertz CT molecular complexity index is 850. The summed E-state index contributed by atoms with van der Waals surface area (Å²) >= 11 is 1.54. The van der Waals surface area contributed by atoms with Gasteiger partial charge in [0.2, 0.25) is 0 Å². The van der Waals surface area contributed by atoms with E-state index in [4.69, 9.17) is 4.74 Å².